The molecule has 1 aliphatic rings. The molecule has 0 saturated heterocycles. The highest BCUT2D eigenvalue weighted by molar-refractivity contribution is 9.10. The number of hydrogen-bond acceptors (Lipinski definition) is 1. The van der Waals surface area contributed by atoms with Crippen molar-refractivity contribution in [1.29, 1.82) is 0 Å². The van der Waals surface area contributed by atoms with Gasteiger partial charge in [0.25, 0.3) is 0 Å². The summed E-state index contributed by atoms with van der Waals surface area (Å²) in [5.41, 5.74) is 0.864. The molecule has 1 aromatic carbocycles. The smallest absolute Gasteiger partial charge is 0.123 e. The molecule has 1 aromatic rings. The van der Waals surface area contributed by atoms with Crippen LogP contribution >= 0.6 is 15.9 Å². The first-order valence-corrected chi connectivity index (χ1v) is 8.38. The zero-order valence-electron chi connectivity index (χ0n) is 12.3. The number of rotatable bonds is 4. The van der Waals surface area contributed by atoms with Crippen LogP contribution in [0.5, 0.6) is 0 Å². The molecule has 2 rings (SSSR count). The van der Waals surface area contributed by atoms with E-state index in [1.807, 2.05) is 0 Å². The summed E-state index contributed by atoms with van der Waals surface area (Å²) in [6.07, 6.45) is 4.79. The average Bonchev–Trinajstić information content (AvgIpc) is 2.43. The van der Waals surface area contributed by atoms with Crippen LogP contribution < -0.4 is 0 Å². The van der Waals surface area contributed by atoms with Crippen molar-refractivity contribution in [3.63, 3.8) is 0 Å². The third kappa shape index (κ3) is 4.05. The van der Waals surface area contributed by atoms with Crippen molar-refractivity contribution < 1.29 is 9.50 Å². The zero-order valence-corrected chi connectivity index (χ0v) is 13.9. The lowest BCUT2D eigenvalue weighted by Gasteiger charge is -2.33. The Bertz CT molecular complexity index is 439. The molecule has 3 heteroatoms. The Morgan fingerprint density at radius 2 is 1.80 bits per heavy atom. The predicted molar refractivity (Wildman–Crippen MR) is 84.1 cm³/mol. The SMILES string of the molecule is CC(C)C1CCC(C(O)Cc2cc(F)ccc2Br)CC1. The van der Waals surface area contributed by atoms with Crippen molar-refractivity contribution in [2.24, 2.45) is 17.8 Å². The van der Waals surface area contributed by atoms with Crippen LogP contribution in [0.2, 0.25) is 0 Å². The van der Waals surface area contributed by atoms with E-state index in [4.69, 9.17) is 0 Å². The first-order chi connectivity index (χ1) is 9.47. The van der Waals surface area contributed by atoms with Crippen molar-refractivity contribution in [2.45, 2.75) is 52.1 Å². The number of halogens is 2. The fourth-order valence-corrected chi connectivity index (χ4v) is 3.70. The summed E-state index contributed by atoms with van der Waals surface area (Å²) in [7, 11) is 0. The lowest BCUT2D eigenvalue weighted by Crippen LogP contribution is -2.29. The van der Waals surface area contributed by atoms with Crippen LogP contribution in [0.4, 0.5) is 4.39 Å². The Kier molecular flexibility index (Phi) is 5.62. The molecule has 0 bridgehead atoms. The first kappa shape index (κ1) is 16.0. The molecule has 1 aliphatic carbocycles. The second-order valence-electron chi connectivity index (χ2n) is 6.43. The van der Waals surface area contributed by atoms with Crippen LogP contribution in [-0.2, 0) is 6.42 Å². The van der Waals surface area contributed by atoms with E-state index in [0.717, 1.165) is 34.7 Å². The Balaban J connectivity index is 1.92. The van der Waals surface area contributed by atoms with Gasteiger partial charge in [0.05, 0.1) is 6.10 Å². The van der Waals surface area contributed by atoms with Gasteiger partial charge in [-0.3, -0.25) is 0 Å². The molecule has 0 heterocycles. The second-order valence-corrected chi connectivity index (χ2v) is 7.28. The lowest BCUT2D eigenvalue weighted by molar-refractivity contribution is 0.0673. The number of hydrogen-bond donors (Lipinski definition) is 1. The Morgan fingerprint density at radius 1 is 1.20 bits per heavy atom. The Morgan fingerprint density at radius 3 is 2.40 bits per heavy atom. The Hall–Kier alpha value is -0.410. The summed E-state index contributed by atoms with van der Waals surface area (Å²) in [6.45, 7) is 4.57. The normalized spacial score (nSPS) is 24.9. The Labute approximate surface area is 129 Å². The number of aliphatic hydroxyl groups is 1. The van der Waals surface area contributed by atoms with Crippen LogP contribution in [0.25, 0.3) is 0 Å². The van der Waals surface area contributed by atoms with Crippen LogP contribution in [0.1, 0.15) is 45.1 Å². The van der Waals surface area contributed by atoms with Crippen LogP contribution in [0, 0.1) is 23.6 Å². The van der Waals surface area contributed by atoms with Gasteiger partial charge in [-0.05, 0) is 73.6 Å². The summed E-state index contributed by atoms with van der Waals surface area (Å²) < 4.78 is 14.2. The van der Waals surface area contributed by atoms with Gasteiger partial charge < -0.3 is 5.11 Å². The molecule has 0 spiro atoms. The standard InChI is InChI=1S/C17H24BrFO/c1-11(2)12-3-5-13(6-4-12)17(20)10-14-9-15(19)7-8-16(14)18/h7-9,11-13,17,20H,3-6,10H2,1-2H3. The van der Waals surface area contributed by atoms with Crippen molar-refractivity contribution in [1.82, 2.24) is 0 Å². The van der Waals surface area contributed by atoms with Gasteiger partial charge in [-0.1, -0.05) is 29.8 Å². The van der Waals surface area contributed by atoms with E-state index in [1.165, 1.54) is 25.0 Å². The monoisotopic (exact) mass is 342 g/mol. The largest absolute Gasteiger partial charge is 0.392 e. The van der Waals surface area contributed by atoms with Gasteiger partial charge in [0, 0.05) is 4.47 Å². The molecule has 1 N–H and O–H groups in total. The number of aliphatic hydroxyl groups excluding tert-OH is 1. The quantitative estimate of drug-likeness (QED) is 0.820. The molecular formula is C17H24BrFO. The van der Waals surface area contributed by atoms with Crippen LogP contribution in [0.3, 0.4) is 0 Å². The summed E-state index contributed by atoms with van der Waals surface area (Å²) in [5.74, 6) is 1.67. The van der Waals surface area contributed by atoms with Gasteiger partial charge in [0.2, 0.25) is 0 Å². The van der Waals surface area contributed by atoms with E-state index >= 15 is 0 Å². The van der Waals surface area contributed by atoms with Gasteiger partial charge >= 0.3 is 0 Å². The predicted octanol–water partition coefficient (Wildman–Crippen LogP) is 4.95. The molecule has 0 aromatic heterocycles. The third-order valence-corrected chi connectivity index (χ3v) is 5.51. The summed E-state index contributed by atoms with van der Waals surface area (Å²) in [6, 6.07) is 4.67. The lowest BCUT2D eigenvalue weighted by atomic mass is 9.74. The second kappa shape index (κ2) is 7.04. The fraction of sp³-hybridized carbons (Fsp3) is 0.647. The topological polar surface area (TPSA) is 20.2 Å². The van der Waals surface area contributed by atoms with Gasteiger partial charge in [-0.25, -0.2) is 4.39 Å². The van der Waals surface area contributed by atoms with Crippen molar-refractivity contribution in [3.05, 3.63) is 34.1 Å². The maximum absolute atomic E-state index is 13.3. The van der Waals surface area contributed by atoms with E-state index in [1.54, 1.807) is 6.07 Å². The molecule has 0 amide bonds. The molecular weight excluding hydrogens is 319 g/mol. The molecule has 0 radical (unpaired) electrons. The maximum Gasteiger partial charge on any atom is 0.123 e. The molecule has 1 nitrogen and oxygen atoms in total. The van der Waals surface area contributed by atoms with Crippen LogP contribution in [-0.4, -0.2) is 11.2 Å². The molecule has 1 unspecified atom stereocenters. The highest BCUT2D eigenvalue weighted by atomic mass is 79.9. The molecule has 1 fully saturated rings. The van der Waals surface area contributed by atoms with Crippen molar-refractivity contribution in [3.8, 4) is 0 Å². The highest BCUT2D eigenvalue weighted by Gasteiger charge is 2.28. The maximum atomic E-state index is 13.3. The van der Waals surface area contributed by atoms with Gasteiger partial charge in [0.1, 0.15) is 5.82 Å². The molecule has 1 atom stereocenters. The van der Waals surface area contributed by atoms with Crippen molar-refractivity contribution in [2.75, 3.05) is 0 Å². The van der Waals surface area contributed by atoms with Gasteiger partial charge in [-0.2, -0.15) is 0 Å². The number of benzene rings is 1. The summed E-state index contributed by atoms with van der Waals surface area (Å²) in [5, 5.41) is 10.4. The molecule has 20 heavy (non-hydrogen) atoms. The van der Waals surface area contributed by atoms with E-state index in [0.29, 0.717) is 12.3 Å². The van der Waals surface area contributed by atoms with Crippen molar-refractivity contribution >= 4 is 15.9 Å². The highest BCUT2D eigenvalue weighted by Crippen LogP contribution is 2.35. The minimum Gasteiger partial charge on any atom is -0.392 e. The van der Waals surface area contributed by atoms with Gasteiger partial charge in [0.15, 0.2) is 0 Å². The van der Waals surface area contributed by atoms with Gasteiger partial charge in [-0.15, -0.1) is 0 Å². The van der Waals surface area contributed by atoms with E-state index in [2.05, 4.69) is 29.8 Å². The molecule has 1 saturated carbocycles. The first-order valence-electron chi connectivity index (χ1n) is 7.59. The molecule has 112 valence electrons. The summed E-state index contributed by atoms with van der Waals surface area (Å²) >= 11 is 3.43. The fourth-order valence-electron chi connectivity index (χ4n) is 3.29. The average molecular weight is 343 g/mol. The van der Waals surface area contributed by atoms with Crippen LogP contribution in [0.15, 0.2) is 22.7 Å². The third-order valence-electron chi connectivity index (χ3n) is 4.74. The van der Waals surface area contributed by atoms with E-state index < -0.39 is 0 Å². The zero-order chi connectivity index (χ0) is 14.7. The summed E-state index contributed by atoms with van der Waals surface area (Å²) in [4.78, 5) is 0. The van der Waals surface area contributed by atoms with E-state index in [-0.39, 0.29) is 11.9 Å². The van der Waals surface area contributed by atoms with E-state index in [9.17, 15) is 9.50 Å². The molecule has 0 aliphatic heterocycles. The minimum atomic E-state index is -0.360. The minimum absolute atomic E-state index is 0.237.